The van der Waals surface area contributed by atoms with E-state index in [4.69, 9.17) is 9.26 Å². The minimum atomic E-state index is -0.341. The first-order valence-corrected chi connectivity index (χ1v) is 10.0. The van der Waals surface area contributed by atoms with Gasteiger partial charge in [-0.05, 0) is 37.3 Å². The highest BCUT2D eigenvalue weighted by molar-refractivity contribution is 6.13. The second-order valence-corrected chi connectivity index (χ2v) is 7.09. The molecule has 32 heavy (non-hydrogen) atoms. The fourth-order valence-electron chi connectivity index (χ4n) is 3.39. The Balaban J connectivity index is 1.53. The average molecular weight is 422 g/mol. The average Bonchev–Trinajstić information content (AvgIpc) is 3.21. The van der Waals surface area contributed by atoms with Crippen molar-refractivity contribution in [3.8, 4) is 22.9 Å². The molecule has 2 aromatic carbocycles. The maximum atomic E-state index is 13.4. The second-order valence-electron chi connectivity index (χ2n) is 7.09. The lowest BCUT2D eigenvalue weighted by Gasteiger charge is -2.12. The lowest BCUT2D eigenvalue weighted by molar-refractivity contribution is 0.102. The standard InChI is InChI=1S/C25H18N4O3/c1-16-22-19(15-21(28-25(22)32-29-16)17-9-4-2-5-10-17)23(30)27-20-13-8-14-26-24(20)31-18-11-6-3-7-12-18/h2-15H,1H3,(H,27,30). The number of ether oxygens (including phenoxy) is 1. The van der Waals surface area contributed by atoms with Crippen LogP contribution < -0.4 is 10.1 Å². The number of benzene rings is 2. The number of nitrogens with zero attached hydrogens (tertiary/aromatic N) is 3. The molecule has 0 atom stereocenters. The molecule has 5 aromatic rings. The molecule has 156 valence electrons. The lowest BCUT2D eigenvalue weighted by Crippen LogP contribution is -2.14. The Morgan fingerprint density at radius 2 is 1.72 bits per heavy atom. The molecule has 0 aliphatic carbocycles. The van der Waals surface area contributed by atoms with Crippen molar-refractivity contribution in [3.05, 3.63) is 96.3 Å². The summed E-state index contributed by atoms with van der Waals surface area (Å²) in [5, 5.41) is 7.48. The molecule has 3 aromatic heterocycles. The number of amides is 1. The Bertz CT molecular complexity index is 1400. The number of hydrogen-bond acceptors (Lipinski definition) is 6. The van der Waals surface area contributed by atoms with Gasteiger partial charge in [-0.3, -0.25) is 4.79 Å². The van der Waals surface area contributed by atoms with Crippen molar-refractivity contribution in [2.45, 2.75) is 6.92 Å². The molecule has 0 saturated carbocycles. The number of aryl methyl sites for hydroxylation is 1. The van der Waals surface area contributed by atoms with E-state index in [1.807, 2.05) is 60.7 Å². The van der Waals surface area contributed by atoms with Crippen LogP contribution in [0.3, 0.4) is 0 Å². The van der Waals surface area contributed by atoms with Crippen molar-refractivity contribution in [1.82, 2.24) is 15.1 Å². The van der Waals surface area contributed by atoms with E-state index in [9.17, 15) is 4.79 Å². The lowest BCUT2D eigenvalue weighted by atomic mass is 10.1. The van der Waals surface area contributed by atoms with Crippen LogP contribution in [0.15, 0.2) is 89.6 Å². The predicted octanol–water partition coefficient (Wildman–Crippen LogP) is 5.64. The van der Waals surface area contributed by atoms with Gasteiger partial charge in [-0.2, -0.15) is 0 Å². The molecule has 7 nitrogen and oxygen atoms in total. The number of rotatable bonds is 5. The SMILES string of the molecule is Cc1noc2nc(-c3ccccc3)cc(C(=O)Nc3cccnc3Oc3ccccc3)c12. The summed E-state index contributed by atoms with van der Waals surface area (Å²) in [5.41, 5.74) is 3.23. The van der Waals surface area contributed by atoms with Gasteiger partial charge in [-0.1, -0.05) is 53.7 Å². The molecule has 0 spiro atoms. The number of fused-ring (bicyclic) bond motifs is 1. The van der Waals surface area contributed by atoms with Crippen molar-refractivity contribution >= 4 is 22.7 Å². The Kier molecular flexibility index (Phi) is 5.05. The van der Waals surface area contributed by atoms with Crippen LogP contribution in [0.1, 0.15) is 16.1 Å². The molecule has 0 saturated heterocycles. The third kappa shape index (κ3) is 3.79. The normalized spacial score (nSPS) is 10.8. The fraction of sp³-hybridized carbons (Fsp3) is 0.0400. The molecule has 0 bridgehead atoms. The van der Waals surface area contributed by atoms with E-state index in [1.54, 1.807) is 31.3 Å². The molecule has 7 heteroatoms. The van der Waals surface area contributed by atoms with E-state index < -0.39 is 0 Å². The number of carbonyl (C=O) groups excluding carboxylic acids is 1. The molecule has 3 heterocycles. The Hall–Kier alpha value is -4.52. The van der Waals surface area contributed by atoms with E-state index in [0.29, 0.717) is 45.4 Å². The van der Waals surface area contributed by atoms with Gasteiger partial charge in [0.25, 0.3) is 11.6 Å². The summed E-state index contributed by atoms with van der Waals surface area (Å²) in [7, 11) is 0. The third-order valence-electron chi connectivity index (χ3n) is 4.91. The van der Waals surface area contributed by atoms with Gasteiger partial charge in [-0.25, -0.2) is 9.97 Å². The molecule has 0 radical (unpaired) electrons. The van der Waals surface area contributed by atoms with Crippen LogP contribution in [0.5, 0.6) is 11.6 Å². The van der Waals surface area contributed by atoms with E-state index >= 15 is 0 Å². The number of aromatic nitrogens is 3. The molecule has 5 rings (SSSR count). The molecule has 1 N–H and O–H groups in total. The van der Waals surface area contributed by atoms with E-state index in [-0.39, 0.29) is 5.91 Å². The number of para-hydroxylation sites is 1. The Morgan fingerprint density at radius 3 is 2.50 bits per heavy atom. The summed E-state index contributed by atoms with van der Waals surface area (Å²) < 4.78 is 11.2. The summed E-state index contributed by atoms with van der Waals surface area (Å²) in [4.78, 5) is 22.2. The van der Waals surface area contributed by atoms with Crippen molar-refractivity contribution in [1.29, 1.82) is 0 Å². The zero-order valence-corrected chi connectivity index (χ0v) is 17.1. The second kappa shape index (κ2) is 8.31. The Labute approximate surface area is 183 Å². The van der Waals surface area contributed by atoms with E-state index in [1.165, 1.54) is 0 Å². The smallest absolute Gasteiger partial charge is 0.259 e. The number of pyridine rings is 2. The zero-order valence-electron chi connectivity index (χ0n) is 17.1. The van der Waals surface area contributed by atoms with Gasteiger partial charge in [0.2, 0.25) is 5.88 Å². The van der Waals surface area contributed by atoms with Gasteiger partial charge in [0.1, 0.15) is 11.4 Å². The van der Waals surface area contributed by atoms with Gasteiger partial charge in [-0.15, -0.1) is 0 Å². The van der Waals surface area contributed by atoms with Crippen molar-refractivity contribution in [3.63, 3.8) is 0 Å². The Morgan fingerprint density at radius 1 is 0.969 bits per heavy atom. The van der Waals surface area contributed by atoms with Crippen molar-refractivity contribution in [2.24, 2.45) is 0 Å². The van der Waals surface area contributed by atoms with Crippen molar-refractivity contribution in [2.75, 3.05) is 5.32 Å². The van der Waals surface area contributed by atoms with Crippen LogP contribution in [-0.2, 0) is 0 Å². The predicted molar refractivity (Wildman–Crippen MR) is 121 cm³/mol. The largest absolute Gasteiger partial charge is 0.437 e. The van der Waals surface area contributed by atoms with E-state index in [0.717, 1.165) is 5.56 Å². The first-order chi connectivity index (χ1) is 15.7. The minimum Gasteiger partial charge on any atom is -0.437 e. The summed E-state index contributed by atoms with van der Waals surface area (Å²) in [6, 6.07) is 24.1. The van der Waals surface area contributed by atoms with Crippen molar-refractivity contribution < 1.29 is 14.1 Å². The summed E-state index contributed by atoms with van der Waals surface area (Å²) in [6.07, 6.45) is 1.61. The van der Waals surface area contributed by atoms with Crippen LogP contribution in [-0.4, -0.2) is 21.0 Å². The molecular formula is C25H18N4O3. The van der Waals surface area contributed by atoms with Gasteiger partial charge >= 0.3 is 0 Å². The minimum absolute atomic E-state index is 0.294. The molecular weight excluding hydrogens is 404 g/mol. The monoisotopic (exact) mass is 422 g/mol. The summed E-state index contributed by atoms with van der Waals surface area (Å²) in [6.45, 7) is 1.78. The number of carbonyl (C=O) groups is 1. The first kappa shape index (κ1) is 19.4. The molecule has 0 fully saturated rings. The highest BCUT2D eigenvalue weighted by Crippen LogP contribution is 2.30. The number of anilines is 1. The zero-order chi connectivity index (χ0) is 21.9. The highest BCUT2D eigenvalue weighted by Gasteiger charge is 2.20. The maximum Gasteiger partial charge on any atom is 0.259 e. The highest BCUT2D eigenvalue weighted by atomic mass is 16.5. The quantitative estimate of drug-likeness (QED) is 0.394. The van der Waals surface area contributed by atoms with Crippen LogP contribution in [0, 0.1) is 6.92 Å². The molecule has 0 unspecified atom stereocenters. The molecule has 0 aliphatic heterocycles. The van der Waals surface area contributed by atoms with Gasteiger partial charge in [0.05, 0.1) is 22.3 Å². The van der Waals surface area contributed by atoms with Gasteiger partial charge in [0, 0.05) is 11.8 Å². The van der Waals surface area contributed by atoms with Gasteiger partial charge < -0.3 is 14.6 Å². The maximum absolute atomic E-state index is 13.4. The first-order valence-electron chi connectivity index (χ1n) is 10.0. The summed E-state index contributed by atoms with van der Waals surface area (Å²) in [5.74, 6) is 0.573. The molecule has 1 amide bonds. The van der Waals surface area contributed by atoms with Crippen LogP contribution >= 0.6 is 0 Å². The fourth-order valence-corrected chi connectivity index (χ4v) is 3.39. The van der Waals surface area contributed by atoms with E-state index in [2.05, 4.69) is 20.4 Å². The number of nitrogens with one attached hydrogen (secondary N) is 1. The van der Waals surface area contributed by atoms with Crippen LogP contribution in [0.2, 0.25) is 0 Å². The topological polar surface area (TPSA) is 90.1 Å². The summed E-state index contributed by atoms with van der Waals surface area (Å²) >= 11 is 0. The molecule has 0 aliphatic rings. The number of hydrogen-bond donors (Lipinski definition) is 1. The van der Waals surface area contributed by atoms with Gasteiger partial charge in [0.15, 0.2) is 0 Å². The third-order valence-corrected chi connectivity index (χ3v) is 4.91. The van der Waals surface area contributed by atoms with Crippen LogP contribution in [0.25, 0.3) is 22.4 Å². The van der Waals surface area contributed by atoms with Crippen LogP contribution in [0.4, 0.5) is 5.69 Å².